The summed E-state index contributed by atoms with van der Waals surface area (Å²) in [6.45, 7) is 3.79. The summed E-state index contributed by atoms with van der Waals surface area (Å²) in [6.07, 6.45) is 0. The highest BCUT2D eigenvalue weighted by molar-refractivity contribution is 9.10. The number of sulfonamides is 1. The lowest BCUT2D eigenvalue weighted by Crippen LogP contribution is -2.27. The van der Waals surface area contributed by atoms with Crippen LogP contribution in [-0.4, -0.2) is 8.42 Å². The maximum absolute atomic E-state index is 12.4. The maximum atomic E-state index is 12.4. The minimum Gasteiger partial charge on any atom is -0.398 e. The van der Waals surface area contributed by atoms with E-state index in [2.05, 4.69) is 20.7 Å². The Balaban J connectivity index is 2.28. The van der Waals surface area contributed by atoms with Gasteiger partial charge in [0.25, 0.3) is 0 Å². The molecular weight excluding hydrogens is 352 g/mol. The van der Waals surface area contributed by atoms with Gasteiger partial charge in [0.05, 0.1) is 5.69 Å². The van der Waals surface area contributed by atoms with E-state index in [1.807, 2.05) is 31.2 Å². The molecule has 3 N–H and O–H groups in total. The van der Waals surface area contributed by atoms with Crippen LogP contribution in [0.3, 0.4) is 0 Å². The van der Waals surface area contributed by atoms with E-state index in [0.717, 1.165) is 11.1 Å². The van der Waals surface area contributed by atoms with Crippen LogP contribution in [0.5, 0.6) is 0 Å². The van der Waals surface area contributed by atoms with Gasteiger partial charge in [-0.05, 0) is 37.6 Å². The van der Waals surface area contributed by atoms with Crippen molar-refractivity contribution in [2.75, 3.05) is 5.73 Å². The number of nitrogens with one attached hydrogen (secondary N) is 1. The van der Waals surface area contributed by atoms with Crippen LogP contribution in [0.4, 0.5) is 5.69 Å². The number of hydrogen-bond acceptors (Lipinski definition) is 3. The van der Waals surface area contributed by atoms with Crippen molar-refractivity contribution in [1.82, 2.24) is 4.72 Å². The third kappa shape index (κ3) is 3.84. The van der Waals surface area contributed by atoms with Crippen LogP contribution in [0, 0.1) is 6.92 Å². The zero-order chi connectivity index (χ0) is 15.6. The molecular formula is C15H17BrN2O2S. The molecule has 0 aromatic heterocycles. The zero-order valence-electron chi connectivity index (χ0n) is 11.8. The monoisotopic (exact) mass is 368 g/mol. The predicted molar refractivity (Wildman–Crippen MR) is 88.5 cm³/mol. The van der Waals surface area contributed by atoms with Gasteiger partial charge < -0.3 is 5.73 Å². The van der Waals surface area contributed by atoms with Crippen molar-refractivity contribution in [1.29, 1.82) is 0 Å². The lowest BCUT2D eigenvalue weighted by molar-refractivity contribution is 0.567. The van der Waals surface area contributed by atoms with Crippen LogP contribution >= 0.6 is 15.9 Å². The predicted octanol–water partition coefficient (Wildman–Crippen LogP) is 3.38. The molecule has 0 bridgehead atoms. The summed E-state index contributed by atoms with van der Waals surface area (Å²) in [6, 6.07) is 12.2. The Hall–Kier alpha value is -1.37. The molecule has 0 aliphatic carbocycles. The molecule has 0 heterocycles. The summed E-state index contributed by atoms with van der Waals surface area (Å²) in [4.78, 5) is 0.0795. The van der Waals surface area contributed by atoms with E-state index in [1.54, 1.807) is 19.1 Å². The summed E-state index contributed by atoms with van der Waals surface area (Å²) in [5.41, 5.74) is 8.02. The molecule has 0 fully saturated rings. The summed E-state index contributed by atoms with van der Waals surface area (Å²) in [7, 11) is -3.68. The van der Waals surface area contributed by atoms with Crippen LogP contribution in [0.1, 0.15) is 24.1 Å². The van der Waals surface area contributed by atoms with Crippen molar-refractivity contribution in [3.63, 3.8) is 0 Å². The van der Waals surface area contributed by atoms with E-state index in [-0.39, 0.29) is 16.6 Å². The number of anilines is 1. The second-order valence-corrected chi connectivity index (χ2v) is 7.53. The third-order valence-electron chi connectivity index (χ3n) is 3.17. The first-order chi connectivity index (χ1) is 9.79. The largest absolute Gasteiger partial charge is 0.398 e. The van der Waals surface area contributed by atoms with Gasteiger partial charge in [0.15, 0.2) is 0 Å². The Kier molecular flexibility index (Phi) is 4.70. The van der Waals surface area contributed by atoms with Gasteiger partial charge in [0, 0.05) is 10.5 Å². The Morgan fingerprint density at radius 2 is 1.76 bits per heavy atom. The van der Waals surface area contributed by atoms with E-state index in [1.165, 1.54) is 6.07 Å². The minimum atomic E-state index is -3.68. The van der Waals surface area contributed by atoms with Crippen LogP contribution in [0.15, 0.2) is 51.8 Å². The van der Waals surface area contributed by atoms with Crippen LogP contribution in [-0.2, 0) is 10.0 Å². The topological polar surface area (TPSA) is 72.2 Å². The molecule has 6 heteroatoms. The zero-order valence-corrected chi connectivity index (χ0v) is 14.2. The van der Waals surface area contributed by atoms with Crippen LogP contribution in [0.25, 0.3) is 0 Å². The SMILES string of the molecule is Cc1ccc(C(C)NS(=O)(=O)c2cc(Br)ccc2N)cc1. The first-order valence-electron chi connectivity index (χ1n) is 6.43. The van der Waals surface area contributed by atoms with Gasteiger partial charge in [-0.3, -0.25) is 0 Å². The molecule has 0 spiro atoms. The molecule has 1 unspecified atom stereocenters. The van der Waals surface area contributed by atoms with Crippen LogP contribution < -0.4 is 10.5 Å². The Labute approximate surface area is 133 Å². The fraction of sp³-hybridized carbons (Fsp3) is 0.200. The fourth-order valence-corrected chi connectivity index (χ4v) is 3.86. The lowest BCUT2D eigenvalue weighted by Gasteiger charge is -2.16. The quantitative estimate of drug-likeness (QED) is 0.812. The van der Waals surface area contributed by atoms with E-state index >= 15 is 0 Å². The molecule has 0 saturated carbocycles. The molecule has 112 valence electrons. The van der Waals surface area contributed by atoms with Crippen molar-refractivity contribution in [2.45, 2.75) is 24.8 Å². The number of benzene rings is 2. The molecule has 1 atom stereocenters. The van der Waals surface area contributed by atoms with Gasteiger partial charge in [0.2, 0.25) is 10.0 Å². The van der Waals surface area contributed by atoms with Gasteiger partial charge in [0.1, 0.15) is 4.90 Å². The smallest absolute Gasteiger partial charge is 0.243 e. The summed E-state index contributed by atoms with van der Waals surface area (Å²) < 4.78 is 28.2. The Morgan fingerprint density at radius 3 is 2.38 bits per heavy atom. The molecule has 4 nitrogen and oxygen atoms in total. The second kappa shape index (κ2) is 6.17. The molecule has 2 aromatic carbocycles. The third-order valence-corrected chi connectivity index (χ3v) is 5.26. The molecule has 0 amide bonds. The fourth-order valence-electron chi connectivity index (χ4n) is 1.96. The van der Waals surface area contributed by atoms with E-state index in [0.29, 0.717) is 4.47 Å². The highest BCUT2D eigenvalue weighted by Crippen LogP contribution is 2.25. The standard InChI is InChI=1S/C15H17BrN2O2S/c1-10-3-5-12(6-4-10)11(2)18-21(19,20)15-9-13(16)7-8-14(15)17/h3-9,11,18H,17H2,1-2H3. The second-order valence-electron chi connectivity index (χ2n) is 4.94. The summed E-state index contributed by atoms with van der Waals surface area (Å²) >= 11 is 3.26. The van der Waals surface area contributed by atoms with Gasteiger partial charge in [-0.15, -0.1) is 0 Å². The van der Waals surface area contributed by atoms with E-state index in [4.69, 9.17) is 5.73 Å². The summed E-state index contributed by atoms with van der Waals surface area (Å²) in [5.74, 6) is 0. The average Bonchev–Trinajstić information content (AvgIpc) is 2.41. The number of aryl methyl sites for hydroxylation is 1. The molecule has 0 saturated heterocycles. The van der Waals surface area contributed by atoms with E-state index in [9.17, 15) is 8.42 Å². The highest BCUT2D eigenvalue weighted by atomic mass is 79.9. The van der Waals surface area contributed by atoms with Crippen LogP contribution in [0.2, 0.25) is 0 Å². The maximum Gasteiger partial charge on any atom is 0.243 e. The molecule has 0 aliphatic heterocycles. The molecule has 0 aliphatic rings. The number of nitrogen functional groups attached to an aromatic ring is 1. The highest BCUT2D eigenvalue weighted by Gasteiger charge is 2.21. The van der Waals surface area contributed by atoms with Crippen molar-refractivity contribution in [3.05, 3.63) is 58.1 Å². The minimum absolute atomic E-state index is 0.0795. The number of hydrogen-bond donors (Lipinski definition) is 2. The molecule has 0 radical (unpaired) electrons. The Bertz CT molecular complexity index is 743. The average molecular weight is 369 g/mol. The lowest BCUT2D eigenvalue weighted by atomic mass is 10.1. The van der Waals surface area contributed by atoms with Gasteiger partial charge in [-0.25, -0.2) is 13.1 Å². The number of halogens is 1. The molecule has 2 rings (SSSR count). The van der Waals surface area contributed by atoms with Gasteiger partial charge in [-0.1, -0.05) is 45.8 Å². The number of nitrogens with two attached hydrogens (primary N) is 1. The van der Waals surface area contributed by atoms with Crippen molar-refractivity contribution >= 4 is 31.6 Å². The van der Waals surface area contributed by atoms with Crippen molar-refractivity contribution in [2.24, 2.45) is 0 Å². The normalized spacial score (nSPS) is 13.1. The molecule has 21 heavy (non-hydrogen) atoms. The first-order valence-corrected chi connectivity index (χ1v) is 8.71. The Morgan fingerprint density at radius 1 is 1.14 bits per heavy atom. The first kappa shape index (κ1) is 16.0. The van der Waals surface area contributed by atoms with Gasteiger partial charge >= 0.3 is 0 Å². The van der Waals surface area contributed by atoms with Gasteiger partial charge in [-0.2, -0.15) is 0 Å². The summed E-state index contributed by atoms with van der Waals surface area (Å²) in [5, 5.41) is 0. The van der Waals surface area contributed by atoms with Crippen molar-refractivity contribution in [3.8, 4) is 0 Å². The van der Waals surface area contributed by atoms with E-state index < -0.39 is 10.0 Å². The number of rotatable bonds is 4. The molecule has 2 aromatic rings. The van der Waals surface area contributed by atoms with Crippen molar-refractivity contribution < 1.29 is 8.42 Å².